The molecule has 2 nitrogen and oxygen atoms in total. The van der Waals surface area contributed by atoms with Crippen molar-refractivity contribution in [1.29, 1.82) is 0 Å². The number of anilines is 1. The van der Waals surface area contributed by atoms with E-state index < -0.39 is 0 Å². The second kappa shape index (κ2) is 4.93. The number of aliphatic hydroxyl groups is 1. The van der Waals surface area contributed by atoms with E-state index >= 15 is 0 Å². The van der Waals surface area contributed by atoms with Crippen molar-refractivity contribution in [2.75, 3.05) is 18.1 Å². The van der Waals surface area contributed by atoms with Crippen molar-refractivity contribution in [3.8, 4) is 0 Å². The highest BCUT2D eigenvalue weighted by Gasteiger charge is 2.28. The van der Waals surface area contributed by atoms with Crippen LogP contribution >= 0.6 is 0 Å². The summed E-state index contributed by atoms with van der Waals surface area (Å²) in [5.41, 5.74) is 4.22. The Bertz CT molecular complexity index is 423. The Morgan fingerprint density at radius 3 is 2.83 bits per heavy atom. The molecule has 1 aromatic rings. The third-order valence-corrected chi connectivity index (χ3v) is 4.65. The summed E-state index contributed by atoms with van der Waals surface area (Å²) in [6.45, 7) is 3.52. The van der Waals surface area contributed by atoms with Crippen LogP contribution in [0.2, 0.25) is 0 Å². The van der Waals surface area contributed by atoms with E-state index in [1.54, 1.807) is 0 Å². The summed E-state index contributed by atoms with van der Waals surface area (Å²) in [6, 6.07) is 7.55. The molecule has 2 aliphatic rings. The summed E-state index contributed by atoms with van der Waals surface area (Å²) in [7, 11) is 0. The fourth-order valence-corrected chi connectivity index (χ4v) is 3.43. The largest absolute Gasteiger partial charge is 0.396 e. The zero-order valence-corrected chi connectivity index (χ0v) is 11.2. The van der Waals surface area contributed by atoms with E-state index in [0.717, 1.165) is 6.04 Å². The van der Waals surface area contributed by atoms with Gasteiger partial charge in [0.15, 0.2) is 0 Å². The van der Waals surface area contributed by atoms with Crippen molar-refractivity contribution < 1.29 is 5.11 Å². The molecule has 0 spiro atoms. The number of hydrogen-bond acceptors (Lipinski definition) is 2. The fraction of sp³-hybridized carbons (Fsp3) is 0.625. The molecule has 18 heavy (non-hydrogen) atoms. The lowest BCUT2D eigenvalue weighted by Crippen LogP contribution is -2.31. The summed E-state index contributed by atoms with van der Waals surface area (Å²) < 4.78 is 0. The number of rotatable bonds is 3. The van der Waals surface area contributed by atoms with Crippen molar-refractivity contribution >= 4 is 5.69 Å². The van der Waals surface area contributed by atoms with Crippen molar-refractivity contribution in [3.05, 3.63) is 29.3 Å². The summed E-state index contributed by atoms with van der Waals surface area (Å²) in [6.07, 6.45) is 6.70. The van der Waals surface area contributed by atoms with Crippen LogP contribution in [0.3, 0.4) is 0 Å². The van der Waals surface area contributed by atoms with Gasteiger partial charge in [0, 0.05) is 30.8 Å². The van der Waals surface area contributed by atoms with E-state index in [1.165, 1.54) is 55.5 Å². The average molecular weight is 245 g/mol. The van der Waals surface area contributed by atoms with Crippen molar-refractivity contribution in [2.24, 2.45) is 0 Å². The molecule has 2 heteroatoms. The summed E-state index contributed by atoms with van der Waals surface area (Å²) in [5.74, 6) is 0.251. The molecule has 1 aliphatic heterocycles. The summed E-state index contributed by atoms with van der Waals surface area (Å²) >= 11 is 0. The van der Waals surface area contributed by atoms with E-state index in [2.05, 4.69) is 30.0 Å². The Hall–Kier alpha value is -1.02. The van der Waals surface area contributed by atoms with Crippen LogP contribution in [-0.4, -0.2) is 24.3 Å². The molecule has 0 aromatic heterocycles. The maximum Gasteiger partial charge on any atom is 0.0497 e. The van der Waals surface area contributed by atoms with Gasteiger partial charge in [-0.2, -0.15) is 0 Å². The first-order valence-electron chi connectivity index (χ1n) is 7.30. The number of hydrogen-bond donors (Lipinski definition) is 1. The van der Waals surface area contributed by atoms with E-state index in [9.17, 15) is 5.11 Å². The molecule has 1 atom stereocenters. The van der Waals surface area contributed by atoms with Crippen LogP contribution in [0.5, 0.6) is 0 Å². The van der Waals surface area contributed by atoms with Gasteiger partial charge < -0.3 is 10.0 Å². The van der Waals surface area contributed by atoms with Gasteiger partial charge in [-0.05, 0) is 36.5 Å². The normalized spacial score (nSPS) is 21.3. The van der Waals surface area contributed by atoms with Gasteiger partial charge in [-0.15, -0.1) is 0 Å². The predicted molar refractivity (Wildman–Crippen MR) is 75.2 cm³/mol. The number of nitrogens with zero attached hydrogens (tertiary/aromatic N) is 1. The fourth-order valence-electron chi connectivity index (χ4n) is 3.43. The smallest absolute Gasteiger partial charge is 0.0497 e. The highest BCUT2D eigenvalue weighted by Crippen LogP contribution is 2.36. The molecular weight excluding hydrogens is 222 g/mol. The monoisotopic (exact) mass is 245 g/mol. The topological polar surface area (TPSA) is 23.5 Å². The van der Waals surface area contributed by atoms with Gasteiger partial charge in [-0.25, -0.2) is 0 Å². The minimum absolute atomic E-state index is 0.238. The third kappa shape index (κ3) is 2.03. The molecule has 1 N–H and O–H groups in total. The van der Waals surface area contributed by atoms with Crippen molar-refractivity contribution in [3.63, 3.8) is 0 Å². The van der Waals surface area contributed by atoms with E-state index in [4.69, 9.17) is 0 Å². The maximum atomic E-state index is 9.30. The quantitative estimate of drug-likeness (QED) is 0.884. The number of fused-ring (bicyclic) bond motifs is 1. The molecule has 1 aliphatic carbocycles. The van der Waals surface area contributed by atoms with Gasteiger partial charge in [0.05, 0.1) is 0 Å². The molecule has 1 aromatic carbocycles. The zero-order chi connectivity index (χ0) is 12.5. The lowest BCUT2D eigenvalue weighted by molar-refractivity contribution is 0.273. The van der Waals surface area contributed by atoms with E-state index in [1.807, 2.05) is 0 Å². The standard InChI is InChI=1S/C16H23NO/c1-12(11-18)14-7-6-13-8-9-17(16(13)10-14)15-4-2-3-5-15/h6-7,10,12,15,18H,2-5,8-9,11H2,1H3. The van der Waals surface area contributed by atoms with Gasteiger partial charge in [-0.3, -0.25) is 0 Å². The molecule has 1 heterocycles. The molecule has 0 radical (unpaired) electrons. The second-order valence-electron chi connectivity index (χ2n) is 5.85. The highest BCUT2D eigenvalue weighted by molar-refractivity contribution is 5.60. The predicted octanol–water partition coefficient (Wildman–Crippen LogP) is 3.09. The molecule has 98 valence electrons. The van der Waals surface area contributed by atoms with Gasteiger partial charge in [0.1, 0.15) is 0 Å². The minimum Gasteiger partial charge on any atom is -0.396 e. The van der Waals surface area contributed by atoms with Crippen molar-refractivity contribution in [2.45, 2.75) is 51.0 Å². The first kappa shape index (κ1) is 12.0. The molecule has 3 rings (SSSR count). The van der Waals surface area contributed by atoms with E-state index in [0.29, 0.717) is 0 Å². The van der Waals surface area contributed by atoms with Crippen LogP contribution in [0.1, 0.15) is 49.7 Å². The molecule has 1 unspecified atom stereocenters. The Morgan fingerprint density at radius 2 is 2.11 bits per heavy atom. The van der Waals surface area contributed by atoms with Crippen LogP contribution in [0.4, 0.5) is 5.69 Å². The summed E-state index contributed by atoms with van der Waals surface area (Å²) in [5, 5.41) is 9.30. The zero-order valence-electron chi connectivity index (χ0n) is 11.2. The minimum atomic E-state index is 0.238. The molecule has 0 saturated heterocycles. The van der Waals surface area contributed by atoms with Gasteiger partial charge >= 0.3 is 0 Å². The molecule has 1 fully saturated rings. The Kier molecular flexibility index (Phi) is 3.29. The molecular formula is C16H23NO. The van der Waals surface area contributed by atoms with Gasteiger partial charge in [0.25, 0.3) is 0 Å². The Morgan fingerprint density at radius 1 is 1.33 bits per heavy atom. The number of benzene rings is 1. The van der Waals surface area contributed by atoms with Crippen LogP contribution in [0.15, 0.2) is 18.2 Å². The summed E-state index contributed by atoms with van der Waals surface area (Å²) in [4.78, 5) is 2.62. The molecule has 0 amide bonds. The lowest BCUT2D eigenvalue weighted by Gasteiger charge is -2.27. The Balaban J connectivity index is 1.88. The van der Waals surface area contributed by atoms with Gasteiger partial charge in [-0.1, -0.05) is 31.9 Å². The van der Waals surface area contributed by atoms with Gasteiger partial charge in [0.2, 0.25) is 0 Å². The van der Waals surface area contributed by atoms with E-state index in [-0.39, 0.29) is 12.5 Å². The van der Waals surface area contributed by atoms with Crippen LogP contribution in [-0.2, 0) is 6.42 Å². The maximum absolute atomic E-state index is 9.30. The van der Waals surface area contributed by atoms with Crippen LogP contribution < -0.4 is 4.90 Å². The van der Waals surface area contributed by atoms with Crippen LogP contribution in [0.25, 0.3) is 0 Å². The first-order chi connectivity index (χ1) is 8.79. The molecule has 0 bridgehead atoms. The SMILES string of the molecule is CC(CO)c1ccc2c(c1)N(C1CCCC1)CC2. The van der Waals surface area contributed by atoms with Crippen LogP contribution in [0, 0.1) is 0 Å². The lowest BCUT2D eigenvalue weighted by atomic mass is 9.99. The average Bonchev–Trinajstić information content (AvgIpc) is 3.05. The second-order valence-corrected chi connectivity index (χ2v) is 5.85. The molecule has 1 saturated carbocycles. The van der Waals surface area contributed by atoms with Crippen molar-refractivity contribution in [1.82, 2.24) is 0 Å². The third-order valence-electron chi connectivity index (χ3n) is 4.65. The highest BCUT2D eigenvalue weighted by atomic mass is 16.3. The first-order valence-corrected chi connectivity index (χ1v) is 7.30. The Labute approximate surface area is 110 Å². The number of aliphatic hydroxyl groups excluding tert-OH is 1.